The van der Waals surface area contributed by atoms with Crippen LogP contribution in [0.1, 0.15) is 30.9 Å². The Labute approximate surface area is 71.8 Å². The van der Waals surface area contributed by atoms with Crippen molar-refractivity contribution in [1.82, 2.24) is 9.97 Å². The van der Waals surface area contributed by atoms with Gasteiger partial charge in [-0.15, -0.1) is 0 Å². The summed E-state index contributed by atoms with van der Waals surface area (Å²) in [6.45, 7) is 6.60. The zero-order chi connectivity index (χ0) is 8.77. The Bertz CT molecular complexity index is 320. The molecule has 0 radical (unpaired) electrons. The second kappa shape index (κ2) is 2.26. The highest BCUT2D eigenvalue weighted by atomic mass is 16.5. The summed E-state index contributed by atoms with van der Waals surface area (Å²) in [5.74, 6) is 0.812. The molecule has 0 aliphatic carbocycles. The summed E-state index contributed by atoms with van der Waals surface area (Å²) >= 11 is 0. The molecule has 2 heterocycles. The molecular formula is C9H12N2O. The van der Waals surface area contributed by atoms with Gasteiger partial charge in [0.2, 0.25) is 0 Å². The standard InChI is InChI=1S/C9H12N2O/c1-6-10-4-7-5-12-9(2,3)8(7)11-6/h4H,5H2,1-3H3. The summed E-state index contributed by atoms with van der Waals surface area (Å²) < 4.78 is 5.56. The number of hydrogen-bond acceptors (Lipinski definition) is 3. The molecule has 12 heavy (non-hydrogen) atoms. The second-order valence-corrected chi connectivity index (χ2v) is 3.59. The van der Waals surface area contributed by atoms with Gasteiger partial charge in [-0.3, -0.25) is 0 Å². The van der Waals surface area contributed by atoms with Crippen LogP contribution in [-0.4, -0.2) is 9.97 Å². The first-order valence-corrected chi connectivity index (χ1v) is 4.06. The molecule has 3 nitrogen and oxygen atoms in total. The minimum Gasteiger partial charge on any atom is -0.364 e. The van der Waals surface area contributed by atoms with Gasteiger partial charge in [-0.05, 0) is 20.8 Å². The molecule has 0 aromatic carbocycles. The summed E-state index contributed by atoms with van der Waals surface area (Å²) in [5.41, 5.74) is 1.92. The molecule has 0 fully saturated rings. The van der Waals surface area contributed by atoms with Gasteiger partial charge in [-0.2, -0.15) is 0 Å². The molecule has 3 heteroatoms. The topological polar surface area (TPSA) is 35.0 Å². The first-order valence-electron chi connectivity index (χ1n) is 4.06. The molecule has 0 unspecified atom stereocenters. The van der Waals surface area contributed by atoms with E-state index in [4.69, 9.17) is 4.74 Å². The summed E-state index contributed by atoms with van der Waals surface area (Å²) in [7, 11) is 0. The van der Waals surface area contributed by atoms with Gasteiger partial charge in [0.05, 0.1) is 12.3 Å². The van der Waals surface area contributed by atoms with E-state index in [0.29, 0.717) is 6.61 Å². The third-order valence-electron chi connectivity index (χ3n) is 2.14. The maximum Gasteiger partial charge on any atom is 0.125 e. The lowest BCUT2D eigenvalue weighted by Gasteiger charge is -2.16. The van der Waals surface area contributed by atoms with Crippen molar-refractivity contribution < 1.29 is 4.74 Å². The predicted octanol–water partition coefficient (Wildman–Crippen LogP) is 1.55. The van der Waals surface area contributed by atoms with Gasteiger partial charge in [-0.25, -0.2) is 9.97 Å². The van der Waals surface area contributed by atoms with Crippen LogP contribution in [0, 0.1) is 6.92 Å². The lowest BCUT2D eigenvalue weighted by atomic mass is 10.0. The van der Waals surface area contributed by atoms with Crippen molar-refractivity contribution in [3.05, 3.63) is 23.3 Å². The Morgan fingerprint density at radius 3 is 3.00 bits per heavy atom. The predicted molar refractivity (Wildman–Crippen MR) is 44.6 cm³/mol. The van der Waals surface area contributed by atoms with Crippen molar-refractivity contribution in [2.75, 3.05) is 0 Å². The van der Waals surface area contributed by atoms with E-state index < -0.39 is 0 Å². The minimum atomic E-state index is -0.233. The van der Waals surface area contributed by atoms with Gasteiger partial charge in [0.25, 0.3) is 0 Å². The molecule has 0 saturated carbocycles. The van der Waals surface area contributed by atoms with E-state index in [9.17, 15) is 0 Å². The Hall–Kier alpha value is -0.960. The number of hydrogen-bond donors (Lipinski definition) is 0. The summed E-state index contributed by atoms with van der Waals surface area (Å²) in [6.07, 6.45) is 1.85. The van der Waals surface area contributed by atoms with Gasteiger partial charge >= 0.3 is 0 Å². The summed E-state index contributed by atoms with van der Waals surface area (Å²) in [6, 6.07) is 0. The maximum absolute atomic E-state index is 5.56. The first-order chi connectivity index (χ1) is 5.59. The fourth-order valence-electron chi connectivity index (χ4n) is 1.45. The molecule has 0 spiro atoms. The van der Waals surface area contributed by atoms with E-state index in [-0.39, 0.29) is 5.60 Å². The Morgan fingerprint density at radius 1 is 1.50 bits per heavy atom. The Kier molecular flexibility index (Phi) is 1.45. The van der Waals surface area contributed by atoms with E-state index in [1.54, 1.807) is 0 Å². The second-order valence-electron chi connectivity index (χ2n) is 3.59. The lowest BCUT2D eigenvalue weighted by Crippen LogP contribution is -2.16. The van der Waals surface area contributed by atoms with Crippen LogP contribution in [0.3, 0.4) is 0 Å². The van der Waals surface area contributed by atoms with Crippen molar-refractivity contribution in [3.8, 4) is 0 Å². The fourth-order valence-corrected chi connectivity index (χ4v) is 1.45. The van der Waals surface area contributed by atoms with Crippen molar-refractivity contribution in [3.63, 3.8) is 0 Å². The Balaban J connectivity index is 2.57. The van der Waals surface area contributed by atoms with Crippen LogP contribution in [0.25, 0.3) is 0 Å². The SMILES string of the molecule is Cc1ncc2c(n1)C(C)(C)OC2. The zero-order valence-electron chi connectivity index (χ0n) is 7.59. The minimum absolute atomic E-state index is 0.233. The molecule has 1 aromatic rings. The van der Waals surface area contributed by atoms with E-state index in [2.05, 4.69) is 9.97 Å². The molecule has 1 aliphatic heterocycles. The molecule has 0 bridgehead atoms. The largest absolute Gasteiger partial charge is 0.364 e. The maximum atomic E-state index is 5.56. The van der Waals surface area contributed by atoms with Gasteiger partial charge in [0.1, 0.15) is 11.4 Å². The first kappa shape index (κ1) is 7.68. The van der Waals surface area contributed by atoms with Crippen LogP contribution < -0.4 is 0 Å². The fraction of sp³-hybridized carbons (Fsp3) is 0.556. The highest BCUT2D eigenvalue weighted by molar-refractivity contribution is 5.25. The molecule has 0 N–H and O–H groups in total. The van der Waals surface area contributed by atoms with Gasteiger partial charge in [0.15, 0.2) is 0 Å². The molecule has 1 aromatic heterocycles. The Morgan fingerprint density at radius 2 is 2.25 bits per heavy atom. The third-order valence-corrected chi connectivity index (χ3v) is 2.14. The monoisotopic (exact) mass is 164 g/mol. The van der Waals surface area contributed by atoms with E-state index in [1.165, 1.54) is 0 Å². The number of rotatable bonds is 0. The van der Waals surface area contributed by atoms with Crippen LogP contribution in [0.15, 0.2) is 6.20 Å². The smallest absolute Gasteiger partial charge is 0.125 e. The summed E-state index contributed by atoms with van der Waals surface area (Å²) in [4.78, 5) is 8.50. The number of aromatic nitrogens is 2. The van der Waals surface area contributed by atoms with Crippen LogP contribution in [0.4, 0.5) is 0 Å². The van der Waals surface area contributed by atoms with E-state index >= 15 is 0 Å². The highest BCUT2D eigenvalue weighted by Crippen LogP contribution is 2.33. The molecule has 1 aliphatic rings. The average Bonchev–Trinajstić information content (AvgIpc) is 2.28. The average molecular weight is 164 g/mol. The number of aryl methyl sites for hydroxylation is 1. The van der Waals surface area contributed by atoms with Crippen molar-refractivity contribution in [2.24, 2.45) is 0 Å². The van der Waals surface area contributed by atoms with Gasteiger partial charge in [0, 0.05) is 11.8 Å². The molecule has 0 atom stereocenters. The van der Waals surface area contributed by atoms with E-state index in [0.717, 1.165) is 17.1 Å². The molecule has 0 amide bonds. The van der Waals surface area contributed by atoms with Crippen LogP contribution in [0.5, 0.6) is 0 Å². The van der Waals surface area contributed by atoms with Crippen LogP contribution in [0.2, 0.25) is 0 Å². The number of ether oxygens (including phenoxy) is 1. The third kappa shape index (κ3) is 1.01. The normalized spacial score (nSPS) is 19.2. The number of nitrogens with zero attached hydrogens (tertiary/aromatic N) is 2. The lowest BCUT2D eigenvalue weighted by molar-refractivity contribution is -0.0101. The number of fused-ring (bicyclic) bond motifs is 1. The zero-order valence-corrected chi connectivity index (χ0v) is 7.59. The van der Waals surface area contributed by atoms with Crippen molar-refractivity contribution in [1.29, 1.82) is 0 Å². The van der Waals surface area contributed by atoms with Crippen molar-refractivity contribution >= 4 is 0 Å². The van der Waals surface area contributed by atoms with E-state index in [1.807, 2.05) is 27.0 Å². The van der Waals surface area contributed by atoms with Gasteiger partial charge < -0.3 is 4.74 Å². The van der Waals surface area contributed by atoms with Gasteiger partial charge in [-0.1, -0.05) is 0 Å². The molecule has 0 saturated heterocycles. The van der Waals surface area contributed by atoms with Crippen LogP contribution in [-0.2, 0) is 16.9 Å². The quantitative estimate of drug-likeness (QED) is 0.583. The molecular weight excluding hydrogens is 152 g/mol. The highest BCUT2D eigenvalue weighted by Gasteiger charge is 2.32. The molecule has 2 rings (SSSR count). The summed E-state index contributed by atoms with van der Waals surface area (Å²) in [5, 5.41) is 0. The van der Waals surface area contributed by atoms with Crippen LogP contribution >= 0.6 is 0 Å². The van der Waals surface area contributed by atoms with Crippen molar-refractivity contribution in [2.45, 2.75) is 33.0 Å². The molecule has 64 valence electrons.